The number of amides is 1. The van der Waals surface area contributed by atoms with Gasteiger partial charge in [-0.2, -0.15) is 0 Å². The van der Waals surface area contributed by atoms with Gasteiger partial charge in [0.1, 0.15) is 5.82 Å². The Balaban J connectivity index is 1.53. The van der Waals surface area contributed by atoms with Crippen molar-refractivity contribution in [1.82, 2.24) is 4.98 Å². The molecule has 2 aromatic carbocycles. The molecule has 0 radical (unpaired) electrons. The number of nitrogens with one attached hydrogen (secondary N) is 1. The second-order valence-electron chi connectivity index (χ2n) is 6.56. The SMILES string of the molecule is Cc1ccccc1C(=O)Nc1ccc(N2CCCc3ccccc32)nc1. The Hall–Kier alpha value is -3.14. The molecule has 1 N–H and O–H groups in total. The molecule has 0 aliphatic carbocycles. The van der Waals surface area contributed by atoms with Crippen molar-refractivity contribution >= 4 is 23.1 Å². The minimum absolute atomic E-state index is 0.110. The van der Waals surface area contributed by atoms with E-state index >= 15 is 0 Å². The van der Waals surface area contributed by atoms with E-state index in [9.17, 15) is 4.79 Å². The zero-order valence-corrected chi connectivity index (χ0v) is 14.8. The lowest BCUT2D eigenvalue weighted by Crippen LogP contribution is -2.25. The lowest BCUT2D eigenvalue weighted by atomic mass is 10.0. The van der Waals surface area contributed by atoms with Crippen molar-refractivity contribution in [2.24, 2.45) is 0 Å². The van der Waals surface area contributed by atoms with Crippen LogP contribution in [0, 0.1) is 6.92 Å². The van der Waals surface area contributed by atoms with Gasteiger partial charge in [0, 0.05) is 17.8 Å². The number of aryl methyl sites for hydroxylation is 2. The number of para-hydroxylation sites is 1. The van der Waals surface area contributed by atoms with Gasteiger partial charge < -0.3 is 10.2 Å². The fourth-order valence-corrected chi connectivity index (χ4v) is 3.42. The molecule has 3 aromatic rings. The molecule has 0 spiro atoms. The van der Waals surface area contributed by atoms with Crippen molar-refractivity contribution in [3.05, 3.63) is 83.6 Å². The van der Waals surface area contributed by atoms with Gasteiger partial charge in [0.05, 0.1) is 11.9 Å². The summed E-state index contributed by atoms with van der Waals surface area (Å²) in [6.07, 6.45) is 3.95. The summed E-state index contributed by atoms with van der Waals surface area (Å²) in [6, 6.07) is 19.9. The van der Waals surface area contributed by atoms with Gasteiger partial charge in [-0.15, -0.1) is 0 Å². The summed E-state index contributed by atoms with van der Waals surface area (Å²) < 4.78 is 0. The molecular formula is C22H21N3O. The topological polar surface area (TPSA) is 45.2 Å². The van der Waals surface area contributed by atoms with Crippen molar-refractivity contribution in [3.63, 3.8) is 0 Å². The number of pyridine rings is 1. The van der Waals surface area contributed by atoms with Crippen molar-refractivity contribution in [2.45, 2.75) is 19.8 Å². The zero-order chi connectivity index (χ0) is 17.9. The molecular weight excluding hydrogens is 322 g/mol. The first-order valence-corrected chi connectivity index (χ1v) is 8.91. The third-order valence-corrected chi connectivity index (χ3v) is 4.78. The predicted molar refractivity (Wildman–Crippen MR) is 105 cm³/mol. The van der Waals surface area contributed by atoms with E-state index in [4.69, 9.17) is 0 Å². The largest absolute Gasteiger partial charge is 0.326 e. The number of nitrogens with zero attached hydrogens (tertiary/aromatic N) is 2. The van der Waals surface area contributed by atoms with Crippen LogP contribution in [0.4, 0.5) is 17.2 Å². The minimum atomic E-state index is -0.110. The molecule has 4 nitrogen and oxygen atoms in total. The fourth-order valence-electron chi connectivity index (χ4n) is 3.42. The van der Waals surface area contributed by atoms with E-state index in [1.807, 2.05) is 43.3 Å². The molecule has 0 saturated carbocycles. The lowest BCUT2D eigenvalue weighted by molar-refractivity contribution is 0.102. The first kappa shape index (κ1) is 16.3. The second kappa shape index (κ2) is 7.00. The molecule has 0 unspecified atom stereocenters. The van der Waals surface area contributed by atoms with Crippen LogP contribution in [0.5, 0.6) is 0 Å². The molecule has 4 heteroatoms. The standard InChI is InChI=1S/C22H21N3O/c1-16-7-2-4-10-19(16)22(26)24-18-12-13-21(23-15-18)25-14-6-9-17-8-3-5-11-20(17)25/h2-5,7-8,10-13,15H,6,9,14H2,1H3,(H,24,26). The van der Waals surface area contributed by atoms with E-state index < -0.39 is 0 Å². The van der Waals surface area contributed by atoms with Crippen LogP contribution >= 0.6 is 0 Å². The van der Waals surface area contributed by atoms with Crippen molar-refractivity contribution in [3.8, 4) is 0 Å². The Labute approximate surface area is 153 Å². The van der Waals surface area contributed by atoms with Crippen molar-refractivity contribution in [2.75, 3.05) is 16.8 Å². The number of aromatic nitrogens is 1. The minimum Gasteiger partial charge on any atom is -0.326 e. The number of hydrogen-bond donors (Lipinski definition) is 1. The number of fused-ring (bicyclic) bond motifs is 1. The molecule has 0 bridgehead atoms. The average Bonchev–Trinajstić information content (AvgIpc) is 2.68. The number of benzene rings is 2. The second-order valence-corrected chi connectivity index (χ2v) is 6.56. The maximum atomic E-state index is 12.4. The van der Waals surface area contributed by atoms with Crippen LogP contribution in [0.1, 0.15) is 27.9 Å². The summed E-state index contributed by atoms with van der Waals surface area (Å²) in [5.41, 5.74) is 4.92. The Kier molecular flexibility index (Phi) is 4.40. The molecule has 1 aromatic heterocycles. The summed E-state index contributed by atoms with van der Waals surface area (Å²) in [5, 5.41) is 2.93. The highest BCUT2D eigenvalue weighted by Gasteiger charge is 2.18. The summed E-state index contributed by atoms with van der Waals surface area (Å²) in [4.78, 5) is 19.3. The highest BCUT2D eigenvalue weighted by Crippen LogP contribution is 2.32. The predicted octanol–water partition coefficient (Wildman–Crippen LogP) is 4.73. The maximum Gasteiger partial charge on any atom is 0.255 e. The van der Waals surface area contributed by atoms with Gasteiger partial charge in [0.25, 0.3) is 5.91 Å². The molecule has 1 aliphatic rings. The smallest absolute Gasteiger partial charge is 0.255 e. The van der Waals surface area contributed by atoms with Crippen LogP contribution in [0.2, 0.25) is 0 Å². The van der Waals surface area contributed by atoms with Gasteiger partial charge >= 0.3 is 0 Å². The zero-order valence-electron chi connectivity index (χ0n) is 14.8. The van der Waals surface area contributed by atoms with Crippen LogP contribution < -0.4 is 10.2 Å². The summed E-state index contributed by atoms with van der Waals surface area (Å²) >= 11 is 0. The van der Waals surface area contributed by atoms with Crippen LogP contribution in [-0.2, 0) is 6.42 Å². The number of hydrogen-bond acceptors (Lipinski definition) is 3. The maximum absolute atomic E-state index is 12.4. The van der Waals surface area contributed by atoms with Gasteiger partial charge in [-0.3, -0.25) is 4.79 Å². The molecule has 2 heterocycles. The molecule has 1 amide bonds. The van der Waals surface area contributed by atoms with E-state index in [1.165, 1.54) is 11.3 Å². The number of rotatable bonds is 3. The third-order valence-electron chi connectivity index (χ3n) is 4.78. The average molecular weight is 343 g/mol. The van der Waals surface area contributed by atoms with E-state index in [2.05, 4.69) is 39.5 Å². The van der Waals surface area contributed by atoms with Crippen LogP contribution in [0.15, 0.2) is 66.9 Å². The van der Waals surface area contributed by atoms with E-state index in [0.29, 0.717) is 11.3 Å². The van der Waals surface area contributed by atoms with E-state index in [0.717, 1.165) is 30.8 Å². The Morgan fingerprint density at radius 1 is 1.04 bits per heavy atom. The summed E-state index contributed by atoms with van der Waals surface area (Å²) in [7, 11) is 0. The summed E-state index contributed by atoms with van der Waals surface area (Å²) in [6.45, 7) is 2.89. The molecule has 0 fully saturated rings. The quantitative estimate of drug-likeness (QED) is 0.748. The Morgan fingerprint density at radius 3 is 2.65 bits per heavy atom. The normalized spacial score (nSPS) is 13.2. The Bertz CT molecular complexity index is 934. The lowest BCUT2D eigenvalue weighted by Gasteiger charge is -2.30. The molecule has 26 heavy (non-hydrogen) atoms. The number of carbonyl (C=O) groups is 1. The van der Waals surface area contributed by atoms with Gasteiger partial charge in [-0.05, 0) is 55.2 Å². The number of anilines is 3. The van der Waals surface area contributed by atoms with E-state index in [1.54, 1.807) is 6.20 Å². The van der Waals surface area contributed by atoms with Gasteiger partial charge in [-0.1, -0.05) is 36.4 Å². The van der Waals surface area contributed by atoms with Gasteiger partial charge in [0.15, 0.2) is 0 Å². The van der Waals surface area contributed by atoms with Crippen molar-refractivity contribution in [1.29, 1.82) is 0 Å². The molecule has 1 aliphatic heterocycles. The first-order valence-electron chi connectivity index (χ1n) is 8.91. The molecule has 0 atom stereocenters. The van der Waals surface area contributed by atoms with E-state index in [-0.39, 0.29) is 5.91 Å². The van der Waals surface area contributed by atoms with Crippen LogP contribution in [0.25, 0.3) is 0 Å². The molecule has 130 valence electrons. The number of carbonyl (C=O) groups excluding carboxylic acids is 1. The first-order chi connectivity index (χ1) is 12.7. The van der Waals surface area contributed by atoms with Crippen LogP contribution in [-0.4, -0.2) is 17.4 Å². The van der Waals surface area contributed by atoms with Crippen molar-refractivity contribution < 1.29 is 4.79 Å². The molecule has 0 saturated heterocycles. The third kappa shape index (κ3) is 3.18. The Morgan fingerprint density at radius 2 is 1.85 bits per heavy atom. The fraction of sp³-hybridized carbons (Fsp3) is 0.182. The monoisotopic (exact) mass is 343 g/mol. The van der Waals surface area contributed by atoms with Gasteiger partial charge in [0.2, 0.25) is 0 Å². The highest BCUT2D eigenvalue weighted by molar-refractivity contribution is 6.05. The van der Waals surface area contributed by atoms with Gasteiger partial charge in [-0.25, -0.2) is 4.98 Å². The van der Waals surface area contributed by atoms with Crippen LogP contribution in [0.3, 0.4) is 0 Å². The molecule has 4 rings (SSSR count). The summed E-state index contributed by atoms with van der Waals surface area (Å²) in [5.74, 6) is 0.798. The highest BCUT2D eigenvalue weighted by atomic mass is 16.1.